The second-order valence-electron chi connectivity index (χ2n) is 6.72. The number of unbranched alkanes of at least 4 members (excludes halogenated alkanes) is 3. The number of anilines is 2. The van der Waals surface area contributed by atoms with Gasteiger partial charge in [-0.3, -0.25) is 0 Å². The van der Waals surface area contributed by atoms with E-state index >= 15 is 0 Å². The van der Waals surface area contributed by atoms with Crippen LogP contribution in [0.2, 0.25) is 0 Å². The topological polar surface area (TPSA) is 70.5 Å². The van der Waals surface area contributed by atoms with Crippen molar-refractivity contribution in [1.82, 2.24) is 0 Å². The number of nitrogens with two attached hydrogens (primary N) is 2. The van der Waals surface area contributed by atoms with Crippen LogP contribution in [0.25, 0.3) is 0 Å². The summed E-state index contributed by atoms with van der Waals surface area (Å²) in [4.78, 5) is 0. The van der Waals surface area contributed by atoms with Crippen LogP contribution in [-0.4, -0.2) is 12.7 Å². The maximum absolute atomic E-state index is 6.11. The van der Waals surface area contributed by atoms with Crippen LogP contribution in [0.4, 0.5) is 11.4 Å². The smallest absolute Gasteiger partial charge is 0.119 e. The summed E-state index contributed by atoms with van der Waals surface area (Å²) in [6.45, 7) is 2.96. The van der Waals surface area contributed by atoms with Crippen LogP contribution in [0, 0.1) is 0 Å². The largest absolute Gasteiger partial charge is 0.494 e. The van der Waals surface area contributed by atoms with E-state index < -0.39 is 0 Å². The van der Waals surface area contributed by atoms with E-state index in [1.54, 1.807) is 0 Å². The zero-order valence-electron chi connectivity index (χ0n) is 15.8. The van der Waals surface area contributed by atoms with Gasteiger partial charge in [-0.1, -0.05) is 26.2 Å². The van der Waals surface area contributed by atoms with E-state index in [0.717, 1.165) is 55.2 Å². The molecule has 0 saturated heterocycles. The van der Waals surface area contributed by atoms with E-state index in [-0.39, 0.29) is 6.10 Å². The molecule has 0 fully saturated rings. The van der Waals surface area contributed by atoms with Crippen molar-refractivity contribution < 1.29 is 9.47 Å². The van der Waals surface area contributed by atoms with Gasteiger partial charge in [-0.15, -0.1) is 0 Å². The van der Waals surface area contributed by atoms with Gasteiger partial charge in [-0.2, -0.15) is 0 Å². The maximum Gasteiger partial charge on any atom is 0.119 e. The third-order valence-electron chi connectivity index (χ3n) is 4.36. The maximum atomic E-state index is 6.11. The molecule has 0 aliphatic heterocycles. The Morgan fingerprint density at radius 1 is 0.731 bits per heavy atom. The quantitative estimate of drug-likeness (QED) is 0.393. The fraction of sp³-hybridized carbons (Fsp3) is 0.455. The number of nitrogen functional groups attached to an aromatic ring is 2. The summed E-state index contributed by atoms with van der Waals surface area (Å²) in [7, 11) is 0. The molecule has 0 heterocycles. The summed E-state index contributed by atoms with van der Waals surface area (Å²) >= 11 is 0. The van der Waals surface area contributed by atoms with E-state index in [1.165, 1.54) is 19.3 Å². The van der Waals surface area contributed by atoms with E-state index in [1.807, 2.05) is 48.5 Å². The van der Waals surface area contributed by atoms with Crippen molar-refractivity contribution in [1.29, 1.82) is 0 Å². The molecule has 4 nitrogen and oxygen atoms in total. The van der Waals surface area contributed by atoms with E-state index in [0.29, 0.717) is 0 Å². The average molecular weight is 357 g/mol. The summed E-state index contributed by atoms with van der Waals surface area (Å²) in [5.41, 5.74) is 12.9. The predicted octanol–water partition coefficient (Wildman–Crippen LogP) is 5.43. The van der Waals surface area contributed by atoms with E-state index in [2.05, 4.69) is 6.92 Å². The van der Waals surface area contributed by atoms with Gasteiger partial charge in [0.1, 0.15) is 11.5 Å². The number of ether oxygens (including phenoxy) is 2. The Labute approximate surface area is 157 Å². The monoisotopic (exact) mass is 356 g/mol. The molecular formula is C22H32N2O2. The average Bonchev–Trinajstić information content (AvgIpc) is 2.64. The third kappa shape index (κ3) is 7.68. The summed E-state index contributed by atoms with van der Waals surface area (Å²) < 4.78 is 11.8. The van der Waals surface area contributed by atoms with Crippen molar-refractivity contribution in [2.24, 2.45) is 0 Å². The minimum absolute atomic E-state index is 0.287. The van der Waals surface area contributed by atoms with Crippen LogP contribution >= 0.6 is 0 Å². The van der Waals surface area contributed by atoms with Gasteiger partial charge in [0.2, 0.25) is 0 Å². The van der Waals surface area contributed by atoms with Crippen LogP contribution in [-0.2, 0) is 0 Å². The fourth-order valence-corrected chi connectivity index (χ4v) is 2.90. The highest BCUT2D eigenvalue weighted by molar-refractivity contribution is 5.42. The molecular weight excluding hydrogens is 324 g/mol. The first-order valence-electron chi connectivity index (χ1n) is 9.68. The van der Waals surface area contributed by atoms with Gasteiger partial charge in [0.05, 0.1) is 12.7 Å². The summed E-state index contributed by atoms with van der Waals surface area (Å²) in [6, 6.07) is 15.2. The normalized spacial score (nSPS) is 11.9. The molecule has 1 unspecified atom stereocenters. The lowest BCUT2D eigenvalue weighted by molar-refractivity contribution is 0.175. The Morgan fingerprint density at radius 2 is 1.31 bits per heavy atom. The Hall–Kier alpha value is -2.36. The SMILES string of the molecule is CCCC(CCCCCCOc1ccc(N)cc1)Oc1ccc(N)cc1. The van der Waals surface area contributed by atoms with E-state index in [9.17, 15) is 0 Å². The minimum Gasteiger partial charge on any atom is -0.494 e. The Bertz CT molecular complexity index is 611. The van der Waals surface area contributed by atoms with Crippen molar-refractivity contribution in [3.8, 4) is 11.5 Å². The number of benzene rings is 2. The van der Waals surface area contributed by atoms with Gasteiger partial charge in [0.15, 0.2) is 0 Å². The lowest BCUT2D eigenvalue weighted by atomic mass is 10.1. The highest BCUT2D eigenvalue weighted by Crippen LogP contribution is 2.20. The van der Waals surface area contributed by atoms with Gasteiger partial charge in [-0.25, -0.2) is 0 Å². The van der Waals surface area contributed by atoms with Gasteiger partial charge < -0.3 is 20.9 Å². The highest BCUT2D eigenvalue weighted by Gasteiger charge is 2.09. The van der Waals surface area contributed by atoms with Crippen LogP contribution < -0.4 is 20.9 Å². The van der Waals surface area contributed by atoms with Crippen LogP contribution in [0.15, 0.2) is 48.5 Å². The Kier molecular flexibility index (Phi) is 8.67. The van der Waals surface area contributed by atoms with Gasteiger partial charge in [-0.05, 0) is 74.2 Å². The standard InChI is InChI=1S/C22H32N2O2/c1-2-7-21(26-22-15-11-19(24)12-16-22)8-5-3-4-6-17-25-20-13-9-18(23)10-14-20/h9-16,21H,2-8,17,23-24H2,1H3. The Morgan fingerprint density at radius 3 is 1.92 bits per heavy atom. The molecule has 4 N–H and O–H groups in total. The first-order chi connectivity index (χ1) is 12.7. The van der Waals surface area contributed by atoms with Crippen molar-refractivity contribution in [2.45, 2.75) is 58.0 Å². The van der Waals surface area contributed by atoms with Gasteiger partial charge in [0.25, 0.3) is 0 Å². The van der Waals surface area contributed by atoms with Crippen LogP contribution in [0.3, 0.4) is 0 Å². The van der Waals surface area contributed by atoms with Crippen molar-refractivity contribution in [3.05, 3.63) is 48.5 Å². The Balaban J connectivity index is 1.58. The molecule has 0 aliphatic rings. The molecule has 0 radical (unpaired) electrons. The lowest BCUT2D eigenvalue weighted by Crippen LogP contribution is -2.16. The van der Waals surface area contributed by atoms with Crippen LogP contribution in [0.5, 0.6) is 11.5 Å². The molecule has 2 rings (SSSR count). The highest BCUT2D eigenvalue weighted by atomic mass is 16.5. The zero-order valence-corrected chi connectivity index (χ0v) is 15.8. The second kappa shape index (κ2) is 11.3. The summed E-state index contributed by atoms with van der Waals surface area (Å²) in [5, 5.41) is 0. The molecule has 2 aromatic carbocycles. The molecule has 0 amide bonds. The lowest BCUT2D eigenvalue weighted by Gasteiger charge is -2.18. The molecule has 4 heteroatoms. The molecule has 1 atom stereocenters. The fourth-order valence-electron chi connectivity index (χ4n) is 2.90. The van der Waals surface area contributed by atoms with Crippen molar-refractivity contribution in [3.63, 3.8) is 0 Å². The molecule has 0 spiro atoms. The number of hydrogen-bond donors (Lipinski definition) is 2. The van der Waals surface area contributed by atoms with Gasteiger partial charge >= 0.3 is 0 Å². The third-order valence-corrected chi connectivity index (χ3v) is 4.36. The van der Waals surface area contributed by atoms with E-state index in [4.69, 9.17) is 20.9 Å². The minimum atomic E-state index is 0.287. The molecule has 142 valence electrons. The first kappa shape index (κ1) is 20.0. The molecule has 26 heavy (non-hydrogen) atoms. The summed E-state index contributed by atoms with van der Waals surface area (Å²) in [5.74, 6) is 1.80. The van der Waals surface area contributed by atoms with Crippen molar-refractivity contribution >= 4 is 11.4 Å². The number of hydrogen-bond acceptors (Lipinski definition) is 4. The first-order valence-corrected chi connectivity index (χ1v) is 9.68. The summed E-state index contributed by atoms with van der Waals surface area (Å²) in [6.07, 6.45) is 8.24. The van der Waals surface area contributed by atoms with Gasteiger partial charge in [0, 0.05) is 11.4 Å². The second-order valence-corrected chi connectivity index (χ2v) is 6.72. The zero-order chi connectivity index (χ0) is 18.6. The number of rotatable bonds is 12. The molecule has 2 aromatic rings. The predicted molar refractivity (Wildman–Crippen MR) is 110 cm³/mol. The molecule has 0 bridgehead atoms. The molecule has 0 saturated carbocycles. The van der Waals surface area contributed by atoms with Crippen molar-refractivity contribution in [2.75, 3.05) is 18.1 Å². The molecule has 0 aromatic heterocycles. The molecule has 0 aliphatic carbocycles. The van der Waals surface area contributed by atoms with Crippen LogP contribution in [0.1, 0.15) is 51.9 Å².